The first-order valence-corrected chi connectivity index (χ1v) is 7.12. The van der Waals surface area contributed by atoms with Crippen molar-refractivity contribution in [3.63, 3.8) is 0 Å². The largest absolute Gasteiger partial charge is 0.479 e. The number of nitrogens with zero attached hydrogens (tertiary/aromatic N) is 1. The van der Waals surface area contributed by atoms with E-state index in [2.05, 4.69) is 31.9 Å². The molecule has 0 aromatic heterocycles. The van der Waals surface area contributed by atoms with Gasteiger partial charge in [0.25, 0.3) is 4.32 Å². The predicted octanol–water partition coefficient (Wildman–Crippen LogP) is 1.51. The minimum absolute atomic E-state index is 0.174. The summed E-state index contributed by atoms with van der Waals surface area (Å²) in [6.07, 6.45) is 0. The van der Waals surface area contributed by atoms with E-state index in [1.165, 1.54) is 18.2 Å². The Balaban J connectivity index is 3.04. The molecule has 0 radical (unpaired) electrons. The van der Waals surface area contributed by atoms with E-state index in [4.69, 9.17) is 10.4 Å². The Morgan fingerprint density at radius 3 is 2.14 bits per heavy atom. The van der Waals surface area contributed by atoms with Crippen molar-refractivity contribution in [3.05, 3.63) is 35.9 Å². The van der Waals surface area contributed by atoms with Gasteiger partial charge in [0, 0.05) is 5.56 Å². The third-order valence-electron chi connectivity index (χ3n) is 2.50. The van der Waals surface area contributed by atoms with Gasteiger partial charge < -0.3 is 5.11 Å². The molecule has 0 saturated carbocycles. The predicted molar refractivity (Wildman–Crippen MR) is 78.4 cm³/mol. The number of rotatable bonds is 6. The lowest BCUT2D eigenvalue weighted by atomic mass is 9.97. The molecule has 0 aliphatic carbocycles. The highest BCUT2D eigenvalue weighted by atomic mass is 79.9. The maximum Gasteiger partial charge on any atom is 0.343 e. The molecule has 2 atom stereocenters. The molecule has 0 spiro atoms. The van der Waals surface area contributed by atoms with E-state index in [0.717, 1.165) is 0 Å². The molecule has 21 heavy (non-hydrogen) atoms. The van der Waals surface area contributed by atoms with Gasteiger partial charge in [0.05, 0.1) is 0 Å². The zero-order valence-corrected chi connectivity index (χ0v) is 13.4. The number of hydrogen-bond acceptors (Lipinski definition) is 5. The van der Waals surface area contributed by atoms with Crippen molar-refractivity contribution in [2.45, 2.75) is 9.15 Å². The molecular formula is C13H7Br2NO5. The van der Waals surface area contributed by atoms with Crippen LogP contribution in [-0.2, 0) is 14.4 Å². The Bertz CT molecular complexity index is 652. The number of nitriles is 1. The van der Waals surface area contributed by atoms with E-state index in [1.807, 2.05) is 0 Å². The number of halogens is 2. The number of aliphatic carboxylic acids is 1. The van der Waals surface area contributed by atoms with Crippen molar-refractivity contribution in [2.24, 2.45) is 0 Å². The summed E-state index contributed by atoms with van der Waals surface area (Å²) in [4.78, 5) is 45.1. The number of carboxylic acids is 1. The van der Waals surface area contributed by atoms with Gasteiger partial charge >= 0.3 is 5.97 Å². The fourth-order valence-electron chi connectivity index (χ4n) is 1.35. The fraction of sp³-hybridized carbons (Fsp3) is 0.154. The van der Waals surface area contributed by atoms with Gasteiger partial charge in [-0.25, -0.2) is 4.79 Å². The zero-order valence-electron chi connectivity index (χ0n) is 10.2. The summed E-state index contributed by atoms with van der Waals surface area (Å²) in [6, 6.07) is 8.89. The summed E-state index contributed by atoms with van der Waals surface area (Å²) >= 11 is 5.20. The van der Waals surface area contributed by atoms with Crippen LogP contribution >= 0.6 is 31.9 Å². The zero-order chi connectivity index (χ0) is 16.2. The van der Waals surface area contributed by atoms with Gasteiger partial charge in [0.2, 0.25) is 11.6 Å². The molecule has 1 aromatic rings. The van der Waals surface area contributed by atoms with E-state index in [-0.39, 0.29) is 5.56 Å². The van der Waals surface area contributed by atoms with Crippen LogP contribution in [0.2, 0.25) is 0 Å². The number of ketones is 3. The number of alkyl halides is 2. The third-order valence-corrected chi connectivity index (χ3v) is 4.21. The average molecular weight is 417 g/mol. The molecular weight excluding hydrogens is 410 g/mol. The van der Waals surface area contributed by atoms with Crippen LogP contribution < -0.4 is 0 Å². The van der Waals surface area contributed by atoms with Crippen LogP contribution in [0.25, 0.3) is 0 Å². The Labute approximate surface area is 136 Å². The molecule has 108 valence electrons. The van der Waals surface area contributed by atoms with E-state index < -0.39 is 32.5 Å². The second kappa shape index (κ2) is 6.74. The van der Waals surface area contributed by atoms with Crippen molar-refractivity contribution in [3.8, 4) is 6.07 Å². The second-order valence-electron chi connectivity index (χ2n) is 3.86. The first-order chi connectivity index (χ1) is 9.75. The minimum atomic E-state index is -2.70. The molecule has 0 heterocycles. The number of carboxylic acid groups (broad SMARTS) is 1. The highest BCUT2D eigenvalue weighted by Crippen LogP contribution is 2.22. The van der Waals surface area contributed by atoms with Crippen molar-refractivity contribution in [1.82, 2.24) is 0 Å². The van der Waals surface area contributed by atoms with E-state index in [0.29, 0.717) is 0 Å². The molecule has 6 nitrogen and oxygen atoms in total. The van der Waals surface area contributed by atoms with Gasteiger partial charge in [-0.05, 0) is 15.9 Å². The third kappa shape index (κ3) is 3.43. The van der Waals surface area contributed by atoms with Crippen molar-refractivity contribution in [2.75, 3.05) is 0 Å². The van der Waals surface area contributed by atoms with E-state index >= 15 is 0 Å². The molecule has 1 rings (SSSR count). The van der Waals surface area contributed by atoms with Crippen LogP contribution in [0.4, 0.5) is 0 Å². The maximum atomic E-state index is 12.0. The highest BCUT2D eigenvalue weighted by molar-refractivity contribution is 9.11. The summed E-state index contributed by atoms with van der Waals surface area (Å²) in [7, 11) is 0. The first-order valence-electron chi connectivity index (χ1n) is 5.41. The number of benzene rings is 1. The topological polar surface area (TPSA) is 112 Å². The van der Waals surface area contributed by atoms with Gasteiger partial charge in [0.15, 0.2) is 5.78 Å². The molecule has 1 aromatic carbocycles. The van der Waals surface area contributed by atoms with Crippen LogP contribution in [0.1, 0.15) is 10.4 Å². The highest BCUT2D eigenvalue weighted by Gasteiger charge is 2.50. The number of Topliss-reactive ketones (excluding diaryl/α,β-unsaturated/α-hetero) is 3. The minimum Gasteiger partial charge on any atom is -0.479 e. The molecule has 2 unspecified atom stereocenters. The fourth-order valence-corrected chi connectivity index (χ4v) is 2.02. The van der Waals surface area contributed by atoms with Gasteiger partial charge in [-0.1, -0.05) is 46.3 Å². The number of carbonyl (C=O) groups excluding carboxylic acids is 3. The van der Waals surface area contributed by atoms with Crippen molar-refractivity contribution >= 4 is 55.2 Å². The Kier molecular flexibility index (Phi) is 5.52. The molecule has 0 aliphatic heterocycles. The van der Waals surface area contributed by atoms with Crippen LogP contribution in [0.15, 0.2) is 30.3 Å². The molecule has 0 amide bonds. The molecule has 0 aliphatic rings. The van der Waals surface area contributed by atoms with Gasteiger partial charge in [-0.3, -0.25) is 14.4 Å². The lowest BCUT2D eigenvalue weighted by Crippen LogP contribution is -2.47. The molecule has 0 saturated heterocycles. The van der Waals surface area contributed by atoms with Crippen LogP contribution in [0, 0.1) is 11.3 Å². The van der Waals surface area contributed by atoms with E-state index in [9.17, 15) is 19.2 Å². The number of hydrogen-bond donors (Lipinski definition) is 1. The molecule has 0 fully saturated rings. The summed E-state index contributed by atoms with van der Waals surface area (Å²) in [5, 5.41) is 17.6. The lowest BCUT2D eigenvalue weighted by molar-refractivity contribution is -0.145. The van der Waals surface area contributed by atoms with Crippen LogP contribution in [-0.4, -0.2) is 37.6 Å². The Hall–Kier alpha value is -1.85. The SMILES string of the molecule is N#CC(Br)(C(=O)O)C(=O)C(=O)C(Br)C(=O)c1ccccc1. The maximum absolute atomic E-state index is 12.0. The molecule has 8 heteroatoms. The standard InChI is InChI=1S/C13H7Br2NO5/c14-8(9(17)7-4-2-1-3-5-7)10(18)11(19)13(15,6-16)12(20)21/h1-5,8H,(H,20,21). The summed E-state index contributed by atoms with van der Waals surface area (Å²) < 4.78 is -2.70. The Morgan fingerprint density at radius 1 is 1.19 bits per heavy atom. The first kappa shape index (κ1) is 17.2. The number of carbonyl (C=O) groups is 4. The molecule has 0 bridgehead atoms. The van der Waals surface area contributed by atoms with Crippen LogP contribution in [0.3, 0.4) is 0 Å². The quantitative estimate of drug-likeness (QED) is 0.325. The second-order valence-corrected chi connectivity index (χ2v) is 5.97. The van der Waals surface area contributed by atoms with Crippen molar-refractivity contribution < 1.29 is 24.3 Å². The monoisotopic (exact) mass is 415 g/mol. The summed E-state index contributed by atoms with van der Waals surface area (Å²) in [5.41, 5.74) is 0.174. The van der Waals surface area contributed by atoms with Gasteiger partial charge in [0.1, 0.15) is 10.9 Å². The lowest BCUT2D eigenvalue weighted by Gasteiger charge is -2.14. The van der Waals surface area contributed by atoms with Gasteiger partial charge in [-0.15, -0.1) is 0 Å². The Morgan fingerprint density at radius 2 is 1.71 bits per heavy atom. The van der Waals surface area contributed by atoms with Gasteiger partial charge in [-0.2, -0.15) is 5.26 Å². The van der Waals surface area contributed by atoms with Crippen molar-refractivity contribution in [1.29, 1.82) is 5.26 Å². The normalized spacial score (nSPS) is 14.3. The average Bonchev–Trinajstić information content (AvgIpc) is 2.51. The smallest absolute Gasteiger partial charge is 0.343 e. The molecule has 1 N–H and O–H groups in total. The summed E-state index contributed by atoms with van der Waals surface area (Å²) in [5.74, 6) is -5.37. The van der Waals surface area contributed by atoms with E-state index in [1.54, 1.807) is 18.2 Å². The summed E-state index contributed by atoms with van der Waals surface area (Å²) in [6.45, 7) is 0. The van der Waals surface area contributed by atoms with Crippen LogP contribution in [0.5, 0.6) is 0 Å².